The van der Waals surface area contributed by atoms with Gasteiger partial charge in [0.2, 0.25) is 0 Å². The number of benzene rings is 2. The average molecular weight is 336 g/mol. The van der Waals surface area contributed by atoms with E-state index in [0.717, 1.165) is 24.8 Å². The standard InChI is InChI=1S/C20H20N2O3/c1-13(23)14-9-11-16(12-10-14)21-19(24)20(25)22-18-8-4-6-15-5-2-3-7-17(15)18/h2-3,5,7,9-12,18H,4,6,8H2,1H3,(H,21,24)(H,22,25)/t18-/m0/s1. The van der Waals surface area contributed by atoms with E-state index in [0.29, 0.717) is 11.3 Å². The summed E-state index contributed by atoms with van der Waals surface area (Å²) in [5.41, 5.74) is 3.34. The normalized spacial score (nSPS) is 15.8. The number of rotatable bonds is 3. The maximum atomic E-state index is 12.2. The Morgan fingerprint density at radius 3 is 2.40 bits per heavy atom. The molecule has 0 fully saturated rings. The largest absolute Gasteiger partial charge is 0.341 e. The molecule has 0 bridgehead atoms. The summed E-state index contributed by atoms with van der Waals surface area (Å²) in [6.07, 6.45) is 2.80. The zero-order valence-corrected chi connectivity index (χ0v) is 14.0. The molecule has 0 saturated heterocycles. The lowest BCUT2D eigenvalue weighted by Crippen LogP contribution is -2.38. The SMILES string of the molecule is CC(=O)c1ccc(NC(=O)C(=O)N[C@H]2CCCc3ccccc32)cc1. The third kappa shape index (κ3) is 3.94. The molecule has 0 spiro atoms. The van der Waals surface area contributed by atoms with E-state index in [1.165, 1.54) is 12.5 Å². The van der Waals surface area contributed by atoms with E-state index in [2.05, 4.69) is 16.7 Å². The minimum absolute atomic E-state index is 0.0495. The Bertz CT molecular complexity index is 812. The van der Waals surface area contributed by atoms with Gasteiger partial charge in [-0.2, -0.15) is 0 Å². The molecule has 0 aromatic heterocycles. The van der Waals surface area contributed by atoms with E-state index in [-0.39, 0.29) is 11.8 Å². The van der Waals surface area contributed by atoms with Crippen molar-refractivity contribution in [1.29, 1.82) is 0 Å². The molecule has 0 heterocycles. The number of carbonyl (C=O) groups is 3. The van der Waals surface area contributed by atoms with E-state index in [9.17, 15) is 14.4 Å². The highest BCUT2D eigenvalue weighted by Crippen LogP contribution is 2.29. The second-order valence-corrected chi connectivity index (χ2v) is 6.20. The van der Waals surface area contributed by atoms with Gasteiger partial charge in [0.15, 0.2) is 5.78 Å². The van der Waals surface area contributed by atoms with Crippen LogP contribution >= 0.6 is 0 Å². The van der Waals surface area contributed by atoms with Crippen LogP contribution in [0.4, 0.5) is 5.69 Å². The number of aryl methyl sites for hydroxylation is 1. The van der Waals surface area contributed by atoms with Crippen molar-refractivity contribution < 1.29 is 14.4 Å². The van der Waals surface area contributed by atoms with Crippen molar-refractivity contribution in [3.05, 3.63) is 65.2 Å². The highest BCUT2D eigenvalue weighted by Gasteiger charge is 2.24. The summed E-state index contributed by atoms with van der Waals surface area (Å²) >= 11 is 0. The third-order valence-electron chi connectivity index (χ3n) is 4.43. The van der Waals surface area contributed by atoms with Gasteiger partial charge in [0.25, 0.3) is 0 Å². The van der Waals surface area contributed by atoms with E-state index in [1.807, 2.05) is 18.2 Å². The van der Waals surface area contributed by atoms with Crippen LogP contribution in [-0.2, 0) is 16.0 Å². The van der Waals surface area contributed by atoms with Crippen molar-refractivity contribution in [1.82, 2.24) is 5.32 Å². The molecule has 2 amide bonds. The first-order valence-electron chi connectivity index (χ1n) is 8.35. The van der Waals surface area contributed by atoms with Gasteiger partial charge in [0.1, 0.15) is 0 Å². The summed E-state index contributed by atoms with van der Waals surface area (Å²) in [4.78, 5) is 35.6. The number of Topliss-reactive ketones (excluding diaryl/α,β-unsaturated/α-hetero) is 1. The molecule has 5 heteroatoms. The highest BCUT2D eigenvalue weighted by molar-refractivity contribution is 6.39. The Morgan fingerprint density at radius 2 is 1.68 bits per heavy atom. The van der Waals surface area contributed by atoms with Crippen molar-refractivity contribution in [3.8, 4) is 0 Å². The lowest BCUT2D eigenvalue weighted by molar-refractivity contribution is -0.136. The molecule has 1 aliphatic carbocycles. The van der Waals surface area contributed by atoms with Gasteiger partial charge in [0, 0.05) is 11.3 Å². The Morgan fingerprint density at radius 1 is 0.960 bits per heavy atom. The van der Waals surface area contributed by atoms with E-state index < -0.39 is 11.8 Å². The van der Waals surface area contributed by atoms with Gasteiger partial charge in [0.05, 0.1) is 6.04 Å². The van der Waals surface area contributed by atoms with E-state index in [4.69, 9.17) is 0 Å². The molecule has 0 aliphatic heterocycles. The second-order valence-electron chi connectivity index (χ2n) is 6.20. The minimum Gasteiger partial charge on any atom is -0.341 e. The van der Waals surface area contributed by atoms with Crippen molar-refractivity contribution in [2.75, 3.05) is 5.32 Å². The van der Waals surface area contributed by atoms with Crippen molar-refractivity contribution in [2.24, 2.45) is 0 Å². The quantitative estimate of drug-likeness (QED) is 0.668. The molecule has 2 aromatic carbocycles. The van der Waals surface area contributed by atoms with Crippen LogP contribution in [0.3, 0.4) is 0 Å². The summed E-state index contributed by atoms with van der Waals surface area (Å²) in [5.74, 6) is -1.41. The number of ketones is 1. The Labute approximate surface area is 146 Å². The van der Waals surface area contributed by atoms with Gasteiger partial charge < -0.3 is 10.6 Å². The monoisotopic (exact) mass is 336 g/mol. The number of carbonyl (C=O) groups excluding carboxylic acids is 3. The second kappa shape index (κ2) is 7.30. The number of hydrogen-bond donors (Lipinski definition) is 2. The Hall–Kier alpha value is -2.95. The number of nitrogens with one attached hydrogen (secondary N) is 2. The maximum Gasteiger partial charge on any atom is 0.313 e. The average Bonchev–Trinajstić information content (AvgIpc) is 2.62. The molecule has 3 rings (SSSR count). The van der Waals surface area contributed by atoms with Crippen LogP contribution in [0.15, 0.2) is 48.5 Å². The lowest BCUT2D eigenvalue weighted by atomic mass is 9.88. The first-order chi connectivity index (χ1) is 12.0. The van der Waals surface area contributed by atoms with Crippen molar-refractivity contribution in [2.45, 2.75) is 32.2 Å². The molecule has 0 saturated carbocycles. The maximum absolute atomic E-state index is 12.2. The summed E-state index contributed by atoms with van der Waals surface area (Å²) in [5, 5.41) is 5.38. The molecule has 25 heavy (non-hydrogen) atoms. The first kappa shape index (κ1) is 16.9. The number of fused-ring (bicyclic) bond motifs is 1. The van der Waals surface area contributed by atoms with E-state index >= 15 is 0 Å². The first-order valence-corrected chi connectivity index (χ1v) is 8.35. The lowest BCUT2D eigenvalue weighted by Gasteiger charge is -2.26. The fourth-order valence-electron chi connectivity index (χ4n) is 3.10. The summed E-state index contributed by atoms with van der Waals surface area (Å²) < 4.78 is 0. The zero-order chi connectivity index (χ0) is 17.8. The Balaban J connectivity index is 1.64. The molecule has 128 valence electrons. The molecule has 5 nitrogen and oxygen atoms in total. The van der Waals surface area contributed by atoms with Crippen LogP contribution in [0.2, 0.25) is 0 Å². The molecule has 1 aliphatic rings. The van der Waals surface area contributed by atoms with E-state index in [1.54, 1.807) is 24.3 Å². The summed E-state index contributed by atoms with van der Waals surface area (Å²) in [6.45, 7) is 1.48. The van der Waals surface area contributed by atoms with Crippen LogP contribution in [-0.4, -0.2) is 17.6 Å². The van der Waals surface area contributed by atoms with Gasteiger partial charge in [-0.3, -0.25) is 14.4 Å². The minimum atomic E-state index is -0.710. The molecule has 1 atom stereocenters. The number of amides is 2. The molecule has 0 radical (unpaired) electrons. The van der Waals surface area contributed by atoms with Crippen LogP contribution < -0.4 is 10.6 Å². The van der Waals surface area contributed by atoms with Gasteiger partial charge in [-0.15, -0.1) is 0 Å². The molecule has 2 N–H and O–H groups in total. The van der Waals surface area contributed by atoms with Gasteiger partial charge >= 0.3 is 11.8 Å². The topological polar surface area (TPSA) is 75.3 Å². The van der Waals surface area contributed by atoms with Gasteiger partial charge in [-0.25, -0.2) is 0 Å². The van der Waals surface area contributed by atoms with Crippen LogP contribution in [0, 0.1) is 0 Å². The fourth-order valence-corrected chi connectivity index (χ4v) is 3.10. The van der Waals surface area contributed by atoms with Gasteiger partial charge in [-0.1, -0.05) is 24.3 Å². The molecular weight excluding hydrogens is 316 g/mol. The highest BCUT2D eigenvalue weighted by atomic mass is 16.2. The molecule has 0 unspecified atom stereocenters. The smallest absolute Gasteiger partial charge is 0.313 e. The van der Waals surface area contributed by atoms with Crippen LogP contribution in [0.5, 0.6) is 0 Å². The van der Waals surface area contributed by atoms with Crippen LogP contribution in [0.1, 0.15) is 47.3 Å². The molecule has 2 aromatic rings. The predicted molar refractivity (Wildman–Crippen MR) is 95.3 cm³/mol. The zero-order valence-electron chi connectivity index (χ0n) is 14.0. The van der Waals surface area contributed by atoms with Crippen molar-refractivity contribution in [3.63, 3.8) is 0 Å². The third-order valence-corrected chi connectivity index (χ3v) is 4.43. The number of anilines is 1. The van der Waals surface area contributed by atoms with Gasteiger partial charge in [-0.05, 0) is 61.6 Å². The fraction of sp³-hybridized carbons (Fsp3) is 0.250. The Kier molecular flexibility index (Phi) is 4.93. The molecular formula is C20H20N2O3. The van der Waals surface area contributed by atoms with Crippen molar-refractivity contribution >= 4 is 23.3 Å². The predicted octanol–water partition coefficient (Wildman–Crippen LogP) is 3.02. The van der Waals surface area contributed by atoms with Crippen LogP contribution in [0.25, 0.3) is 0 Å². The summed E-state index contributed by atoms with van der Waals surface area (Å²) in [6, 6.07) is 14.3. The summed E-state index contributed by atoms with van der Waals surface area (Å²) in [7, 11) is 0. The number of hydrogen-bond acceptors (Lipinski definition) is 3.